The van der Waals surface area contributed by atoms with Crippen molar-refractivity contribution in [2.45, 2.75) is 32.4 Å². The molecule has 1 aromatic carbocycles. The lowest BCUT2D eigenvalue weighted by Gasteiger charge is -2.25. The van der Waals surface area contributed by atoms with Crippen LogP contribution in [0, 0.1) is 6.92 Å². The van der Waals surface area contributed by atoms with Crippen LogP contribution in [0.3, 0.4) is 0 Å². The molecule has 0 radical (unpaired) electrons. The van der Waals surface area contributed by atoms with Gasteiger partial charge in [-0.25, -0.2) is 0 Å². The van der Waals surface area contributed by atoms with Gasteiger partial charge >= 0.3 is 0 Å². The van der Waals surface area contributed by atoms with Gasteiger partial charge in [0.2, 0.25) is 11.8 Å². The molecule has 2 aromatic rings. The van der Waals surface area contributed by atoms with Crippen LogP contribution < -0.4 is 0 Å². The van der Waals surface area contributed by atoms with Crippen molar-refractivity contribution < 1.29 is 9.32 Å². The van der Waals surface area contributed by atoms with Crippen LogP contribution in [0.25, 0.3) is 0 Å². The van der Waals surface area contributed by atoms with Crippen LogP contribution in [-0.4, -0.2) is 46.0 Å². The average Bonchev–Trinajstić information content (AvgIpc) is 3.16. The molecule has 1 aliphatic heterocycles. The van der Waals surface area contributed by atoms with E-state index in [-0.39, 0.29) is 11.9 Å². The van der Waals surface area contributed by atoms with Gasteiger partial charge in [-0.05, 0) is 25.5 Å². The van der Waals surface area contributed by atoms with Gasteiger partial charge in [0, 0.05) is 20.0 Å². The number of rotatable bonds is 5. The fourth-order valence-electron chi connectivity index (χ4n) is 3.06. The number of carbonyl (C=O) groups excluding carboxylic acids is 1. The molecule has 3 rings (SSSR count). The maximum absolute atomic E-state index is 12.6. The molecule has 0 spiro atoms. The topological polar surface area (TPSA) is 62.5 Å². The average molecular weight is 314 g/mol. The van der Waals surface area contributed by atoms with E-state index in [4.69, 9.17) is 4.52 Å². The number of amides is 1. The Morgan fingerprint density at radius 3 is 2.87 bits per heavy atom. The lowest BCUT2D eigenvalue weighted by Crippen LogP contribution is -2.38. The summed E-state index contributed by atoms with van der Waals surface area (Å²) in [7, 11) is 1.97. The van der Waals surface area contributed by atoms with Gasteiger partial charge in [-0.2, -0.15) is 4.98 Å². The fourth-order valence-corrected chi connectivity index (χ4v) is 3.06. The molecule has 2 heterocycles. The van der Waals surface area contributed by atoms with Crippen molar-refractivity contribution in [2.75, 3.05) is 20.1 Å². The molecule has 0 bridgehead atoms. The van der Waals surface area contributed by atoms with Gasteiger partial charge in [0.25, 0.3) is 0 Å². The third-order valence-corrected chi connectivity index (χ3v) is 4.11. The Kier molecular flexibility index (Phi) is 4.71. The second-order valence-electron chi connectivity index (χ2n) is 6.07. The summed E-state index contributed by atoms with van der Waals surface area (Å²) in [5.74, 6) is 1.29. The van der Waals surface area contributed by atoms with E-state index in [1.165, 1.54) is 5.56 Å². The first-order valence-corrected chi connectivity index (χ1v) is 7.95. The van der Waals surface area contributed by atoms with Crippen LogP contribution in [-0.2, 0) is 11.3 Å². The number of aromatic nitrogens is 2. The highest BCUT2D eigenvalue weighted by atomic mass is 16.5. The monoisotopic (exact) mass is 314 g/mol. The third-order valence-electron chi connectivity index (χ3n) is 4.11. The van der Waals surface area contributed by atoms with Crippen molar-refractivity contribution in [1.29, 1.82) is 0 Å². The highest BCUT2D eigenvalue weighted by Crippen LogP contribution is 2.30. The lowest BCUT2D eigenvalue weighted by molar-refractivity contribution is -0.133. The number of aryl methyl sites for hydroxylation is 1. The molecule has 6 heteroatoms. The number of carbonyl (C=O) groups is 1. The first kappa shape index (κ1) is 15.7. The molecule has 1 saturated heterocycles. The van der Waals surface area contributed by atoms with Crippen LogP contribution >= 0.6 is 0 Å². The number of likely N-dealkylation sites (tertiary alicyclic amines) is 1. The van der Waals surface area contributed by atoms with Gasteiger partial charge in [-0.1, -0.05) is 35.5 Å². The third kappa shape index (κ3) is 3.76. The summed E-state index contributed by atoms with van der Waals surface area (Å²) in [4.78, 5) is 20.8. The molecular weight excluding hydrogens is 292 g/mol. The summed E-state index contributed by atoms with van der Waals surface area (Å²) in [5.41, 5.74) is 1.20. The molecule has 1 aromatic heterocycles. The largest absolute Gasteiger partial charge is 0.340 e. The van der Waals surface area contributed by atoms with E-state index in [0.717, 1.165) is 25.9 Å². The second-order valence-corrected chi connectivity index (χ2v) is 6.07. The van der Waals surface area contributed by atoms with E-state index in [9.17, 15) is 4.79 Å². The van der Waals surface area contributed by atoms with Crippen molar-refractivity contribution in [1.82, 2.24) is 19.9 Å². The summed E-state index contributed by atoms with van der Waals surface area (Å²) in [6.07, 6.45) is 1.87. The zero-order valence-corrected chi connectivity index (χ0v) is 13.6. The highest BCUT2D eigenvalue weighted by molar-refractivity contribution is 5.79. The van der Waals surface area contributed by atoms with Gasteiger partial charge in [0.1, 0.15) is 0 Å². The van der Waals surface area contributed by atoms with E-state index in [1.54, 1.807) is 6.92 Å². The van der Waals surface area contributed by atoms with E-state index >= 15 is 0 Å². The van der Waals surface area contributed by atoms with E-state index < -0.39 is 0 Å². The standard InChI is InChI=1S/C17H22N4O2/c1-13-18-17(19-23-13)15-9-6-10-21(15)16(22)12-20(2)11-14-7-4-3-5-8-14/h3-5,7-8,15H,6,9-12H2,1-2H3. The molecule has 6 nitrogen and oxygen atoms in total. The van der Waals surface area contributed by atoms with Crippen molar-refractivity contribution in [2.24, 2.45) is 0 Å². The SMILES string of the molecule is Cc1nc(C2CCCN2C(=O)CN(C)Cc2ccccc2)no1. The molecular formula is C17H22N4O2. The minimum Gasteiger partial charge on any atom is -0.340 e. The Bertz CT molecular complexity index is 656. The molecule has 0 saturated carbocycles. The Balaban J connectivity index is 1.60. The quantitative estimate of drug-likeness (QED) is 0.846. The van der Waals surface area contributed by atoms with E-state index in [2.05, 4.69) is 22.3 Å². The number of nitrogens with zero attached hydrogens (tertiary/aromatic N) is 4. The lowest BCUT2D eigenvalue weighted by atomic mass is 10.2. The van der Waals surface area contributed by atoms with Crippen LogP contribution in [0.5, 0.6) is 0 Å². The molecule has 1 atom stereocenters. The van der Waals surface area contributed by atoms with Gasteiger partial charge < -0.3 is 9.42 Å². The normalized spacial score (nSPS) is 17.9. The number of hydrogen-bond donors (Lipinski definition) is 0. The first-order chi connectivity index (χ1) is 11.1. The van der Waals surface area contributed by atoms with Crippen molar-refractivity contribution in [3.8, 4) is 0 Å². The molecule has 122 valence electrons. The molecule has 0 aliphatic carbocycles. The van der Waals surface area contributed by atoms with Crippen LogP contribution in [0.4, 0.5) is 0 Å². The number of likely N-dealkylation sites (N-methyl/N-ethyl adjacent to an activating group) is 1. The van der Waals surface area contributed by atoms with Crippen molar-refractivity contribution >= 4 is 5.91 Å². The fraction of sp³-hybridized carbons (Fsp3) is 0.471. The van der Waals surface area contributed by atoms with Crippen LogP contribution in [0.15, 0.2) is 34.9 Å². The second kappa shape index (κ2) is 6.91. The maximum Gasteiger partial charge on any atom is 0.237 e. The van der Waals surface area contributed by atoms with Gasteiger partial charge in [0.05, 0.1) is 12.6 Å². The Morgan fingerprint density at radius 2 is 2.17 bits per heavy atom. The van der Waals surface area contributed by atoms with Crippen molar-refractivity contribution in [3.63, 3.8) is 0 Å². The Labute approximate surface area is 136 Å². The van der Waals surface area contributed by atoms with E-state index in [1.807, 2.05) is 35.0 Å². The highest BCUT2D eigenvalue weighted by Gasteiger charge is 2.33. The van der Waals surface area contributed by atoms with E-state index in [0.29, 0.717) is 18.3 Å². The molecule has 1 aliphatic rings. The first-order valence-electron chi connectivity index (χ1n) is 7.95. The van der Waals surface area contributed by atoms with Gasteiger partial charge in [0.15, 0.2) is 5.82 Å². The zero-order valence-electron chi connectivity index (χ0n) is 13.6. The minimum absolute atomic E-state index is 0.0509. The van der Waals surface area contributed by atoms with Gasteiger partial charge in [-0.3, -0.25) is 9.69 Å². The molecule has 1 fully saturated rings. The summed E-state index contributed by atoms with van der Waals surface area (Å²) >= 11 is 0. The summed E-state index contributed by atoms with van der Waals surface area (Å²) in [5, 5.41) is 3.98. The zero-order chi connectivity index (χ0) is 16.2. The molecule has 1 unspecified atom stereocenters. The summed E-state index contributed by atoms with van der Waals surface area (Å²) < 4.78 is 5.06. The van der Waals surface area contributed by atoms with Gasteiger partial charge in [-0.15, -0.1) is 0 Å². The Hall–Kier alpha value is -2.21. The minimum atomic E-state index is -0.0509. The molecule has 1 amide bonds. The smallest absolute Gasteiger partial charge is 0.237 e. The van der Waals surface area contributed by atoms with Crippen LogP contribution in [0.1, 0.15) is 36.2 Å². The number of hydrogen-bond acceptors (Lipinski definition) is 5. The summed E-state index contributed by atoms with van der Waals surface area (Å²) in [6, 6.07) is 10.1. The molecule has 23 heavy (non-hydrogen) atoms. The predicted molar refractivity (Wildman–Crippen MR) is 85.5 cm³/mol. The van der Waals surface area contributed by atoms with Crippen LogP contribution in [0.2, 0.25) is 0 Å². The number of benzene rings is 1. The predicted octanol–water partition coefficient (Wildman–Crippen LogP) is 2.17. The molecule has 0 N–H and O–H groups in total. The summed E-state index contributed by atoms with van der Waals surface area (Å²) in [6.45, 7) is 3.68. The van der Waals surface area contributed by atoms with Crippen molar-refractivity contribution in [3.05, 3.63) is 47.6 Å². The maximum atomic E-state index is 12.6. The Morgan fingerprint density at radius 1 is 1.39 bits per heavy atom.